The van der Waals surface area contributed by atoms with Gasteiger partial charge in [-0.3, -0.25) is 0 Å². The van der Waals surface area contributed by atoms with E-state index in [0.717, 1.165) is 42.8 Å². The number of rotatable bonds is 2. The highest BCUT2D eigenvalue weighted by Crippen LogP contribution is 2.41. The van der Waals surface area contributed by atoms with Crippen LogP contribution in [0.3, 0.4) is 0 Å². The molecule has 116 valence electrons. The molecule has 2 aliphatic rings. The molecule has 2 fully saturated rings. The molecule has 4 heterocycles. The van der Waals surface area contributed by atoms with Gasteiger partial charge in [-0.2, -0.15) is 0 Å². The third-order valence-corrected chi connectivity index (χ3v) is 5.52. The van der Waals surface area contributed by atoms with Crippen molar-refractivity contribution in [1.29, 1.82) is 0 Å². The van der Waals surface area contributed by atoms with Crippen LogP contribution in [0.5, 0.6) is 0 Å². The number of anilines is 2. The Kier molecular flexibility index (Phi) is 3.44. The highest BCUT2D eigenvalue weighted by atomic mass is 32.1. The van der Waals surface area contributed by atoms with E-state index in [0.29, 0.717) is 5.41 Å². The van der Waals surface area contributed by atoms with Crippen LogP contribution in [0, 0.1) is 12.3 Å². The molecule has 2 aromatic heterocycles. The van der Waals surface area contributed by atoms with Crippen molar-refractivity contribution in [2.75, 3.05) is 36.0 Å². The van der Waals surface area contributed by atoms with E-state index in [1.165, 1.54) is 19.3 Å². The summed E-state index contributed by atoms with van der Waals surface area (Å²) in [6.07, 6.45) is 7.52. The van der Waals surface area contributed by atoms with Gasteiger partial charge in [-0.1, -0.05) is 11.3 Å². The van der Waals surface area contributed by atoms with Gasteiger partial charge in [0.1, 0.15) is 5.51 Å². The van der Waals surface area contributed by atoms with Gasteiger partial charge in [0.2, 0.25) is 11.1 Å². The molecule has 7 heteroatoms. The summed E-state index contributed by atoms with van der Waals surface area (Å²) < 4.78 is 0. The van der Waals surface area contributed by atoms with Crippen LogP contribution in [0.1, 0.15) is 24.8 Å². The van der Waals surface area contributed by atoms with Crippen LogP contribution < -0.4 is 9.80 Å². The van der Waals surface area contributed by atoms with Crippen molar-refractivity contribution >= 4 is 22.4 Å². The SMILES string of the molecule is Cc1cnc(N2CCC3(CCCN(c4nncs4)C3)C2)nc1. The molecule has 0 saturated carbocycles. The highest BCUT2D eigenvalue weighted by molar-refractivity contribution is 7.13. The summed E-state index contributed by atoms with van der Waals surface area (Å²) in [4.78, 5) is 13.7. The lowest BCUT2D eigenvalue weighted by atomic mass is 9.79. The fourth-order valence-corrected chi connectivity index (χ4v) is 4.25. The van der Waals surface area contributed by atoms with E-state index < -0.39 is 0 Å². The topological polar surface area (TPSA) is 58.0 Å². The van der Waals surface area contributed by atoms with Crippen molar-refractivity contribution in [2.24, 2.45) is 5.41 Å². The zero-order valence-corrected chi connectivity index (χ0v) is 13.6. The van der Waals surface area contributed by atoms with E-state index in [1.807, 2.05) is 24.8 Å². The number of piperidine rings is 1. The minimum Gasteiger partial charge on any atom is -0.346 e. The maximum atomic E-state index is 4.49. The molecular weight excluding hydrogens is 296 g/mol. The Labute approximate surface area is 134 Å². The first-order chi connectivity index (χ1) is 10.7. The van der Waals surface area contributed by atoms with Crippen molar-refractivity contribution < 1.29 is 0 Å². The van der Waals surface area contributed by atoms with Gasteiger partial charge >= 0.3 is 0 Å². The average molecular weight is 316 g/mol. The second kappa shape index (κ2) is 5.46. The van der Waals surface area contributed by atoms with Crippen LogP contribution in [0.4, 0.5) is 11.1 Å². The molecule has 2 saturated heterocycles. The quantitative estimate of drug-likeness (QED) is 0.846. The molecule has 22 heavy (non-hydrogen) atoms. The van der Waals surface area contributed by atoms with Crippen LogP contribution >= 0.6 is 11.3 Å². The van der Waals surface area contributed by atoms with Crippen LogP contribution in [0.15, 0.2) is 17.9 Å². The van der Waals surface area contributed by atoms with E-state index in [2.05, 4.69) is 30.0 Å². The Morgan fingerprint density at radius 2 is 1.91 bits per heavy atom. The number of aromatic nitrogens is 4. The summed E-state index contributed by atoms with van der Waals surface area (Å²) in [5.74, 6) is 0.871. The Bertz CT molecular complexity index is 628. The van der Waals surface area contributed by atoms with E-state index in [1.54, 1.807) is 11.3 Å². The average Bonchev–Trinajstić information content (AvgIpc) is 3.19. The van der Waals surface area contributed by atoms with E-state index >= 15 is 0 Å². The molecule has 1 unspecified atom stereocenters. The zero-order chi connectivity index (χ0) is 15.0. The lowest BCUT2D eigenvalue weighted by molar-refractivity contribution is 0.263. The Morgan fingerprint density at radius 3 is 2.68 bits per heavy atom. The van der Waals surface area contributed by atoms with Gasteiger partial charge in [0.25, 0.3) is 0 Å². The summed E-state index contributed by atoms with van der Waals surface area (Å²) in [6.45, 7) is 6.29. The lowest BCUT2D eigenvalue weighted by Crippen LogP contribution is -2.45. The summed E-state index contributed by atoms with van der Waals surface area (Å²) in [7, 11) is 0. The fraction of sp³-hybridized carbons (Fsp3) is 0.600. The predicted octanol–water partition coefficient (Wildman–Crippen LogP) is 2.13. The molecule has 2 aromatic rings. The molecule has 0 bridgehead atoms. The van der Waals surface area contributed by atoms with Crippen molar-refractivity contribution in [3.05, 3.63) is 23.5 Å². The number of hydrogen-bond acceptors (Lipinski definition) is 7. The molecular formula is C15H20N6S. The minimum atomic E-state index is 0.345. The molecule has 0 N–H and O–H groups in total. The van der Waals surface area contributed by atoms with Crippen molar-refractivity contribution in [1.82, 2.24) is 20.2 Å². The summed E-state index contributed by atoms with van der Waals surface area (Å²) in [5, 5.41) is 9.28. The molecule has 0 aliphatic carbocycles. The first-order valence-electron chi connectivity index (χ1n) is 7.79. The second-order valence-electron chi connectivity index (χ2n) is 6.48. The standard InChI is InChI=1S/C15H20N6S/c1-12-7-16-13(17-8-12)20-6-4-15(9-20)3-2-5-21(10-15)14-19-18-11-22-14/h7-8,11H,2-6,9-10H2,1H3. The van der Waals surface area contributed by atoms with Gasteiger partial charge < -0.3 is 9.80 Å². The van der Waals surface area contributed by atoms with Crippen molar-refractivity contribution in [2.45, 2.75) is 26.2 Å². The maximum absolute atomic E-state index is 4.49. The molecule has 4 rings (SSSR count). The molecule has 6 nitrogen and oxygen atoms in total. The third-order valence-electron chi connectivity index (χ3n) is 4.77. The maximum Gasteiger partial charge on any atom is 0.225 e. The number of hydrogen-bond donors (Lipinski definition) is 0. The van der Waals surface area contributed by atoms with Crippen LogP contribution in [0.2, 0.25) is 0 Å². The Hall–Kier alpha value is -1.76. The van der Waals surface area contributed by atoms with Gasteiger partial charge in [-0.25, -0.2) is 9.97 Å². The van der Waals surface area contributed by atoms with Crippen molar-refractivity contribution in [3.8, 4) is 0 Å². The van der Waals surface area contributed by atoms with Gasteiger partial charge in [-0.15, -0.1) is 10.2 Å². The fourth-order valence-electron chi connectivity index (χ4n) is 3.66. The van der Waals surface area contributed by atoms with Gasteiger partial charge in [0, 0.05) is 44.0 Å². The van der Waals surface area contributed by atoms with Gasteiger partial charge in [0.05, 0.1) is 0 Å². The monoisotopic (exact) mass is 316 g/mol. The molecule has 2 aliphatic heterocycles. The third kappa shape index (κ3) is 2.54. The normalized spacial score (nSPS) is 25.1. The zero-order valence-electron chi connectivity index (χ0n) is 12.8. The van der Waals surface area contributed by atoms with E-state index in [4.69, 9.17) is 0 Å². The summed E-state index contributed by atoms with van der Waals surface area (Å²) >= 11 is 1.64. The lowest BCUT2D eigenvalue weighted by Gasteiger charge is -2.40. The number of aryl methyl sites for hydroxylation is 1. The van der Waals surface area contributed by atoms with Crippen LogP contribution in [0.25, 0.3) is 0 Å². The summed E-state index contributed by atoms with van der Waals surface area (Å²) in [6, 6.07) is 0. The molecule has 0 aromatic carbocycles. The highest BCUT2D eigenvalue weighted by Gasteiger charge is 2.42. The van der Waals surface area contributed by atoms with E-state index in [9.17, 15) is 0 Å². The largest absolute Gasteiger partial charge is 0.346 e. The minimum absolute atomic E-state index is 0.345. The van der Waals surface area contributed by atoms with Gasteiger partial charge in [0.15, 0.2) is 0 Å². The first-order valence-corrected chi connectivity index (χ1v) is 8.67. The Balaban J connectivity index is 1.49. The predicted molar refractivity (Wildman–Crippen MR) is 87.4 cm³/mol. The molecule has 1 atom stereocenters. The molecule has 0 radical (unpaired) electrons. The second-order valence-corrected chi connectivity index (χ2v) is 7.29. The van der Waals surface area contributed by atoms with Crippen LogP contribution in [-0.2, 0) is 0 Å². The first kappa shape index (κ1) is 13.9. The van der Waals surface area contributed by atoms with Gasteiger partial charge in [-0.05, 0) is 31.7 Å². The number of nitrogens with zero attached hydrogens (tertiary/aromatic N) is 6. The summed E-state index contributed by atoms with van der Waals surface area (Å²) in [5.41, 5.74) is 3.27. The Morgan fingerprint density at radius 1 is 1.09 bits per heavy atom. The smallest absolute Gasteiger partial charge is 0.225 e. The molecule has 1 spiro atoms. The van der Waals surface area contributed by atoms with E-state index in [-0.39, 0.29) is 0 Å². The van der Waals surface area contributed by atoms with Crippen molar-refractivity contribution in [3.63, 3.8) is 0 Å². The van der Waals surface area contributed by atoms with Crippen LogP contribution in [-0.4, -0.2) is 46.3 Å². The molecule has 0 amide bonds.